The highest BCUT2D eigenvalue weighted by Gasteiger charge is 2.82. The van der Waals surface area contributed by atoms with Crippen molar-refractivity contribution in [2.24, 2.45) is 22.7 Å². The van der Waals surface area contributed by atoms with E-state index in [-0.39, 0.29) is 34.0 Å². The van der Waals surface area contributed by atoms with Gasteiger partial charge in [0.2, 0.25) is 0 Å². The molecule has 200 valence electrons. The van der Waals surface area contributed by atoms with E-state index in [9.17, 15) is 10.2 Å². The number of benzene rings is 1. The monoisotopic (exact) mass is 609 g/mol. The summed E-state index contributed by atoms with van der Waals surface area (Å²) in [5.74, 6) is 1.80. The summed E-state index contributed by atoms with van der Waals surface area (Å²) in [5, 5.41) is 23.2. The van der Waals surface area contributed by atoms with Gasteiger partial charge in [-0.3, -0.25) is 4.90 Å². The Hall–Kier alpha value is -0.570. The number of piperidine rings is 1. The van der Waals surface area contributed by atoms with Crippen LogP contribution in [0.4, 0.5) is 0 Å². The van der Waals surface area contributed by atoms with Gasteiger partial charge in [0, 0.05) is 42.0 Å². The van der Waals surface area contributed by atoms with Crippen LogP contribution in [0.25, 0.3) is 0 Å². The molecule has 2 aliphatic heterocycles. The average molecular weight is 610 g/mol. The van der Waals surface area contributed by atoms with Crippen LogP contribution in [0, 0.1) is 22.7 Å². The smallest absolute Gasteiger partial charge is 0.165 e. The van der Waals surface area contributed by atoms with E-state index in [1.807, 2.05) is 25.0 Å². The zero-order chi connectivity index (χ0) is 25.9. The van der Waals surface area contributed by atoms with Crippen molar-refractivity contribution < 1.29 is 19.7 Å². The first-order valence-corrected chi connectivity index (χ1v) is 16.1. The third kappa shape index (κ3) is 2.88. The highest BCUT2D eigenvalue weighted by atomic mass is 127. The number of fused-ring (bicyclic) bond motifs is 2. The van der Waals surface area contributed by atoms with Gasteiger partial charge < -0.3 is 19.7 Å². The average Bonchev–Trinajstić information content (AvgIpc) is 3.59. The third-order valence-corrected chi connectivity index (χ3v) is 11.9. The number of rotatable bonds is 4. The highest BCUT2D eigenvalue weighted by Crippen LogP contribution is 2.78. The molecule has 36 heavy (non-hydrogen) atoms. The van der Waals surface area contributed by atoms with Crippen molar-refractivity contribution in [2.45, 2.75) is 101 Å². The summed E-state index contributed by atoms with van der Waals surface area (Å²) in [5.41, 5.74) is 0.783. The van der Waals surface area contributed by atoms with Crippen LogP contribution in [0.15, 0.2) is 12.1 Å². The molecule has 6 heteroatoms. The Labute approximate surface area is 230 Å². The number of phenolic OH excluding ortho intramolecular Hbond substituents is 1. The molecule has 5 aliphatic carbocycles. The van der Waals surface area contributed by atoms with Crippen LogP contribution in [0.2, 0.25) is 0 Å². The summed E-state index contributed by atoms with van der Waals surface area (Å²) >= 11 is 2.15. The number of ether oxygens (including phenoxy) is 2. The lowest BCUT2D eigenvalue weighted by molar-refractivity contribution is -0.312. The minimum Gasteiger partial charge on any atom is -0.504 e. The predicted molar refractivity (Wildman–Crippen MR) is 150 cm³/mol. The maximum Gasteiger partial charge on any atom is 0.165 e. The SMILES string of the molecule is CI.CO[C@@]12CC[C@]3(C[C@@H]1[C@](C)(O)C(C)(C)C)[C@H]1Cc4ccc(O)c5c4[C@@]3(CCN1CC1CC1)[C@H]2O5. The molecule has 5 fully saturated rings. The van der Waals surface area contributed by atoms with Crippen LogP contribution in [0.1, 0.15) is 77.3 Å². The van der Waals surface area contributed by atoms with Crippen LogP contribution >= 0.6 is 22.6 Å². The number of phenols is 1. The molecule has 2 spiro atoms. The van der Waals surface area contributed by atoms with E-state index >= 15 is 0 Å². The fourth-order valence-corrected chi connectivity index (χ4v) is 9.58. The molecule has 4 bridgehead atoms. The Balaban J connectivity index is 0.00000117. The Kier molecular flexibility index (Phi) is 5.70. The number of likely N-dealkylation sites (tertiary alicyclic amines) is 1. The molecule has 8 rings (SSSR count). The molecule has 0 amide bonds. The second-order valence-corrected chi connectivity index (χ2v) is 13.8. The summed E-state index contributed by atoms with van der Waals surface area (Å²) < 4.78 is 13.5. The van der Waals surface area contributed by atoms with Crippen LogP contribution in [-0.2, 0) is 16.6 Å². The van der Waals surface area contributed by atoms with Crippen molar-refractivity contribution in [3.63, 3.8) is 0 Å². The highest BCUT2D eigenvalue weighted by molar-refractivity contribution is 14.1. The zero-order valence-electron chi connectivity index (χ0n) is 22.9. The molecule has 7 aliphatic rings. The van der Waals surface area contributed by atoms with E-state index in [1.54, 1.807) is 0 Å². The van der Waals surface area contributed by atoms with Crippen molar-refractivity contribution in [2.75, 3.05) is 25.1 Å². The summed E-state index contributed by atoms with van der Waals surface area (Å²) in [7, 11) is 1.83. The molecule has 2 N–H and O–H groups in total. The first-order chi connectivity index (χ1) is 17.0. The number of hydrogen-bond acceptors (Lipinski definition) is 5. The van der Waals surface area contributed by atoms with Crippen molar-refractivity contribution in [1.82, 2.24) is 4.90 Å². The summed E-state index contributed by atoms with van der Waals surface area (Å²) in [4.78, 5) is 4.79. The Bertz CT molecular complexity index is 1060. The molecular weight excluding hydrogens is 565 g/mol. The fourth-order valence-electron chi connectivity index (χ4n) is 9.58. The van der Waals surface area contributed by atoms with Crippen molar-refractivity contribution >= 4 is 22.6 Å². The minimum atomic E-state index is -0.909. The molecule has 1 aromatic rings. The van der Waals surface area contributed by atoms with Gasteiger partial charge in [0.25, 0.3) is 0 Å². The number of alkyl halides is 1. The predicted octanol–water partition coefficient (Wildman–Crippen LogP) is 5.47. The molecular formula is C30H44INO4. The molecule has 4 saturated carbocycles. The number of nitrogens with zero attached hydrogens (tertiary/aromatic N) is 1. The van der Waals surface area contributed by atoms with Crippen LogP contribution in [0.3, 0.4) is 0 Å². The minimum absolute atomic E-state index is 0.0294. The van der Waals surface area contributed by atoms with E-state index in [1.165, 1.54) is 30.5 Å². The van der Waals surface area contributed by atoms with Crippen LogP contribution < -0.4 is 4.74 Å². The number of aliphatic hydroxyl groups is 1. The number of hydrogen-bond donors (Lipinski definition) is 2. The second kappa shape index (κ2) is 7.98. The van der Waals surface area contributed by atoms with E-state index in [0.717, 1.165) is 44.6 Å². The zero-order valence-corrected chi connectivity index (χ0v) is 25.0. The van der Waals surface area contributed by atoms with Crippen LogP contribution in [0.5, 0.6) is 11.5 Å². The quantitative estimate of drug-likeness (QED) is 0.351. The molecule has 7 atom stereocenters. The van der Waals surface area contributed by atoms with Gasteiger partial charge in [-0.2, -0.15) is 0 Å². The van der Waals surface area contributed by atoms with Crippen molar-refractivity contribution in [1.29, 1.82) is 0 Å². The Morgan fingerprint density at radius 3 is 2.50 bits per heavy atom. The van der Waals surface area contributed by atoms with E-state index in [2.05, 4.69) is 54.3 Å². The topological polar surface area (TPSA) is 62.2 Å². The van der Waals surface area contributed by atoms with Gasteiger partial charge in [0.1, 0.15) is 11.7 Å². The van der Waals surface area contributed by atoms with Crippen LogP contribution in [-0.4, -0.2) is 63.6 Å². The maximum atomic E-state index is 12.2. The van der Waals surface area contributed by atoms with E-state index in [0.29, 0.717) is 11.8 Å². The maximum absolute atomic E-state index is 12.2. The third-order valence-electron chi connectivity index (χ3n) is 11.9. The molecule has 1 aromatic carbocycles. The fraction of sp³-hybridized carbons (Fsp3) is 0.800. The van der Waals surface area contributed by atoms with Gasteiger partial charge in [-0.15, -0.1) is 0 Å². The van der Waals surface area contributed by atoms with Gasteiger partial charge in [-0.1, -0.05) is 49.4 Å². The molecule has 5 nitrogen and oxygen atoms in total. The standard InChI is InChI=1S/C29H41NO4.CH3I/c1-25(2,3)26(4,32)20-15-27-10-11-29(20,33-5)24-28(27)12-13-30(16-17-6-7-17)21(27)14-18-8-9-19(31)23(34-24)22(18)28;1-2/h8-9,17,20-21,24,31-32H,6-7,10-16H2,1-5H3;1H3/t20-,21-,24-,26+,27+,28+,29+;/m1./s1. The van der Waals surface area contributed by atoms with E-state index < -0.39 is 11.2 Å². The number of methoxy groups -OCH3 is 1. The molecule has 0 radical (unpaired) electrons. The van der Waals surface area contributed by atoms with Crippen molar-refractivity contribution in [3.05, 3.63) is 23.3 Å². The van der Waals surface area contributed by atoms with Gasteiger partial charge in [0.05, 0.1) is 5.60 Å². The summed E-state index contributed by atoms with van der Waals surface area (Å²) in [6.07, 6.45) is 7.64. The molecule has 2 heterocycles. The Morgan fingerprint density at radius 2 is 1.86 bits per heavy atom. The molecule has 0 unspecified atom stereocenters. The van der Waals surface area contributed by atoms with Gasteiger partial charge in [-0.05, 0) is 86.3 Å². The van der Waals surface area contributed by atoms with Gasteiger partial charge >= 0.3 is 0 Å². The lowest BCUT2D eigenvalue weighted by Crippen LogP contribution is -2.83. The Morgan fingerprint density at radius 1 is 1.14 bits per heavy atom. The first-order valence-electron chi connectivity index (χ1n) is 13.9. The number of halogens is 1. The second-order valence-electron chi connectivity index (χ2n) is 13.8. The number of aromatic hydroxyl groups is 1. The lowest BCUT2D eigenvalue weighted by atomic mass is 9.33. The summed E-state index contributed by atoms with van der Waals surface area (Å²) in [6.45, 7) is 10.8. The molecule has 1 saturated heterocycles. The normalized spacial score (nSPS) is 41.6. The molecule has 0 aromatic heterocycles. The largest absolute Gasteiger partial charge is 0.504 e. The first kappa shape index (κ1) is 25.7. The summed E-state index contributed by atoms with van der Waals surface area (Å²) in [6, 6.07) is 4.46. The van der Waals surface area contributed by atoms with Gasteiger partial charge in [0.15, 0.2) is 11.5 Å². The lowest BCUT2D eigenvalue weighted by Gasteiger charge is -2.75. The van der Waals surface area contributed by atoms with Crippen molar-refractivity contribution in [3.8, 4) is 11.5 Å². The van der Waals surface area contributed by atoms with Gasteiger partial charge in [-0.25, -0.2) is 0 Å². The van der Waals surface area contributed by atoms with E-state index in [4.69, 9.17) is 9.47 Å².